The number of hydrazone groups is 1. The molecular formula is C20H22BrClN2O5. The highest BCUT2D eigenvalue weighted by Gasteiger charge is 2.13. The zero-order valence-corrected chi connectivity index (χ0v) is 19.1. The van der Waals surface area contributed by atoms with Gasteiger partial charge in [0.15, 0.2) is 18.1 Å². The van der Waals surface area contributed by atoms with Crippen LogP contribution in [-0.4, -0.2) is 40.1 Å². The van der Waals surface area contributed by atoms with E-state index >= 15 is 0 Å². The summed E-state index contributed by atoms with van der Waals surface area (Å²) >= 11 is 9.63. The number of nitrogens with zero attached hydrogens (tertiary/aromatic N) is 1. The highest BCUT2D eigenvalue weighted by Crippen LogP contribution is 2.38. The topological polar surface area (TPSA) is 78.4 Å². The van der Waals surface area contributed by atoms with Crippen molar-refractivity contribution < 1.29 is 23.7 Å². The fraction of sp³-hybridized carbons (Fsp3) is 0.300. The summed E-state index contributed by atoms with van der Waals surface area (Å²) in [5.74, 6) is 1.57. The van der Waals surface area contributed by atoms with Gasteiger partial charge in [-0.15, -0.1) is 0 Å². The molecule has 0 spiro atoms. The maximum absolute atomic E-state index is 12.0. The van der Waals surface area contributed by atoms with Gasteiger partial charge in [0, 0.05) is 10.6 Å². The molecule has 0 saturated heterocycles. The summed E-state index contributed by atoms with van der Waals surface area (Å²) in [7, 11) is 4.57. The third-order valence-corrected chi connectivity index (χ3v) is 5.58. The molecule has 9 heteroatoms. The highest BCUT2D eigenvalue weighted by molar-refractivity contribution is 9.10. The van der Waals surface area contributed by atoms with Crippen molar-refractivity contribution in [1.29, 1.82) is 0 Å². The summed E-state index contributed by atoms with van der Waals surface area (Å²) in [6.07, 6.45) is 1.47. The molecule has 2 rings (SSSR count). The number of hydrogen-bond acceptors (Lipinski definition) is 6. The Morgan fingerprint density at radius 3 is 2.28 bits per heavy atom. The van der Waals surface area contributed by atoms with Crippen molar-refractivity contribution in [2.75, 3.05) is 27.9 Å². The third kappa shape index (κ3) is 5.55. The van der Waals surface area contributed by atoms with Gasteiger partial charge in [-0.05, 0) is 59.1 Å². The van der Waals surface area contributed by atoms with Gasteiger partial charge in [0.2, 0.25) is 5.75 Å². The minimum absolute atomic E-state index is 0.203. The minimum atomic E-state index is -0.411. The predicted molar refractivity (Wildman–Crippen MR) is 116 cm³/mol. The van der Waals surface area contributed by atoms with Gasteiger partial charge in [-0.3, -0.25) is 4.79 Å². The molecule has 156 valence electrons. The molecule has 0 atom stereocenters. The van der Waals surface area contributed by atoms with Crippen LogP contribution in [0.25, 0.3) is 0 Å². The Labute approximate surface area is 183 Å². The van der Waals surface area contributed by atoms with Crippen LogP contribution in [0.3, 0.4) is 0 Å². The molecule has 0 fully saturated rings. The number of nitrogens with one attached hydrogen (secondary N) is 1. The lowest BCUT2D eigenvalue weighted by Gasteiger charge is -2.13. The molecule has 2 aromatic rings. The van der Waals surface area contributed by atoms with Crippen LogP contribution in [0.1, 0.15) is 16.7 Å². The molecule has 29 heavy (non-hydrogen) atoms. The minimum Gasteiger partial charge on any atom is -0.493 e. The first-order valence-electron chi connectivity index (χ1n) is 8.52. The number of methoxy groups -OCH3 is 3. The van der Waals surface area contributed by atoms with Gasteiger partial charge < -0.3 is 18.9 Å². The molecule has 0 unspecified atom stereocenters. The van der Waals surface area contributed by atoms with E-state index in [9.17, 15) is 4.79 Å². The van der Waals surface area contributed by atoms with Gasteiger partial charge >= 0.3 is 0 Å². The van der Waals surface area contributed by atoms with Crippen molar-refractivity contribution in [1.82, 2.24) is 5.43 Å². The second-order valence-electron chi connectivity index (χ2n) is 5.99. The number of hydrogen-bond donors (Lipinski definition) is 1. The Morgan fingerprint density at radius 2 is 1.72 bits per heavy atom. The van der Waals surface area contributed by atoms with Crippen LogP contribution in [0.5, 0.6) is 23.0 Å². The first-order chi connectivity index (χ1) is 13.8. The quantitative estimate of drug-likeness (QED) is 0.446. The van der Waals surface area contributed by atoms with Crippen molar-refractivity contribution >= 4 is 39.7 Å². The molecule has 0 aliphatic rings. The maximum atomic E-state index is 12.0. The van der Waals surface area contributed by atoms with Gasteiger partial charge in [0.1, 0.15) is 5.75 Å². The second kappa shape index (κ2) is 10.4. The summed E-state index contributed by atoms with van der Waals surface area (Å²) in [6, 6.07) is 5.19. The Morgan fingerprint density at radius 1 is 1.10 bits per heavy atom. The van der Waals surface area contributed by atoms with Crippen molar-refractivity contribution in [2.24, 2.45) is 5.10 Å². The van der Waals surface area contributed by atoms with Gasteiger partial charge in [0.25, 0.3) is 5.91 Å². The van der Waals surface area contributed by atoms with Crippen LogP contribution in [-0.2, 0) is 4.79 Å². The van der Waals surface area contributed by atoms with Crippen LogP contribution in [0, 0.1) is 13.8 Å². The zero-order valence-electron chi connectivity index (χ0n) is 16.8. The Bertz CT molecular complexity index is 909. The lowest BCUT2D eigenvalue weighted by Crippen LogP contribution is -2.24. The van der Waals surface area contributed by atoms with E-state index in [1.165, 1.54) is 27.5 Å². The number of ether oxygens (including phenoxy) is 4. The molecule has 2 aromatic carbocycles. The van der Waals surface area contributed by atoms with Crippen molar-refractivity contribution in [3.05, 3.63) is 44.4 Å². The molecule has 0 aromatic heterocycles. The van der Waals surface area contributed by atoms with E-state index in [2.05, 4.69) is 26.5 Å². The van der Waals surface area contributed by atoms with E-state index in [0.29, 0.717) is 38.1 Å². The normalized spacial score (nSPS) is 10.7. The van der Waals surface area contributed by atoms with Gasteiger partial charge in [-0.25, -0.2) is 5.43 Å². The molecule has 0 aliphatic heterocycles. The highest BCUT2D eigenvalue weighted by atomic mass is 79.9. The van der Waals surface area contributed by atoms with Crippen LogP contribution in [0.15, 0.2) is 27.8 Å². The first-order valence-corrected chi connectivity index (χ1v) is 9.69. The lowest BCUT2D eigenvalue weighted by atomic mass is 10.1. The number of carbonyl (C=O) groups excluding carboxylic acids is 1. The Kier molecular flexibility index (Phi) is 8.16. The van der Waals surface area contributed by atoms with Crippen molar-refractivity contribution in [2.45, 2.75) is 13.8 Å². The fourth-order valence-corrected chi connectivity index (χ4v) is 3.23. The van der Waals surface area contributed by atoms with E-state index in [4.69, 9.17) is 30.5 Å². The van der Waals surface area contributed by atoms with Gasteiger partial charge in [-0.2, -0.15) is 5.10 Å². The van der Waals surface area contributed by atoms with Crippen LogP contribution >= 0.6 is 27.5 Å². The monoisotopic (exact) mass is 484 g/mol. The zero-order chi connectivity index (χ0) is 21.6. The Hall–Kier alpha value is -2.45. The van der Waals surface area contributed by atoms with Crippen LogP contribution < -0.4 is 24.4 Å². The predicted octanol–water partition coefficient (Wildman–Crippen LogP) is 4.27. The lowest BCUT2D eigenvalue weighted by molar-refractivity contribution is -0.123. The molecule has 0 bridgehead atoms. The molecule has 1 amide bonds. The summed E-state index contributed by atoms with van der Waals surface area (Å²) in [5.41, 5.74) is 4.79. The number of carbonyl (C=O) groups is 1. The standard InChI is InChI=1S/C20H22BrClN2O5/c1-11-6-14(18(21)12(2)19(11)22)29-10-17(25)24-23-9-13-7-15(26-3)20(28-5)16(8-13)27-4/h6-9H,10H2,1-5H3,(H,24,25)/b23-9+. The average Bonchev–Trinajstić information content (AvgIpc) is 2.72. The summed E-state index contributed by atoms with van der Waals surface area (Å²) < 4.78 is 22.1. The largest absolute Gasteiger partial charge is 0.493 e. The van der Waals surface area contributed by atoms with Gasteiger partial charge in [-0.1, -0.05) is 11.6 Å². The van der Waals surface area contributed by atoms with E-state index < -0.39 is 5.91 Å². The molecule has 0 aliphatic carbocycles. The van der Waals surface area contributed by atoms with E-state index in [-0.39, 0.29) is 6.61 Å². The van der Waals surface area contributed by atoms with Crippen LogP contribution in [0.4, 0.5) is 0 Å². The van der Waals surface area contributed by atoms with Crippen molar-refractivity contribution in [3.63, 3.8) is 0 Å². The number of amides is 1. The van der Waals surface area contributed by atoms with Crippen molar-refractivity contribution in [3.8, 4) is 23.0 Å². The average molecular weight is 486 g/mol. The number of rotatable bonds is 8. The molecule has 0 radical (unpaired) electrons. The van der Waals surface area contributed by atoms with E-state index in [1.807, 2.05) is 13.8 Å². The summed E-state index contributed by atoms with van der Waals surface area (Å²) in [4.78, 5) is 12.0. The maximum Gasteiger partial charge on any atom is 0.277 e. The molecule has 0 saturated carbocycles. The smallest absolute Gasteiger partial charge is 0.277 e. The van der Waals surface area contributed by atoms with Gasteiger partial charge in [0.05, 0.1) is 32.0 Å². The second-order valence-corrected chi connectivity index (χ2v) is 7.16. The summed E-state index contributed by atoms with van der Waals surface area (Å²) in [6.45, 7) is 3.54. The third-order valence-electron chi connectivity index (χ3n) is 4.02. The van der Waals surface area contributed by atoms with E-state index in [1.54, 1.807) is 18.2 Å². The number of benzene rings is 2. The number of aryl methyl sites for hydroxylation is 1. The Balaban J connectivity index is 2.02. The molecular weight excluding hydrogens is 464 g/mol. The van der Waals surface area contributed by atoms with Crippen LogP contribution in [0.2, 0.25) is 5.02 Å². The molecule has 7 nitrogen and oxygen atoms in total. The number of halogens is 2. The SMILES string of the molecule is COc1cc(/C=N/NC(=O)COc2cc(C)c(Cl)c(C)c2Br)cc(OC)c1OC. The van der Waals surface area contributed by atoms with E-state index in [0.717, 1.165) is 11.1 Å². The summed E-state index contributed by atoms with van der Waals surface area (Å²) in [5, 5.41) is 4.60. The molecule has 0 heterocycles. The fourth-order valence-electron chi connectivity index (χ4n) is 2.54. The molecule has 1 N–H and O–H groups in total. The first kappa shape index (κ1) is 22.8.